The second-order valence-corrected chi connectivity index (χ2v) is 27.0. The Labute approximate surface area is 422 Å². The van der Waals surface area contributed by atoms with Crippen molar-refractivity contribution in [2.75, 3.05) is 26.8 Å². The average molecular weight is 972 g/mol. The number of nitrogens with zero attached hydrogens (tertiary/aromatic N) is 1. The van der Waals surface area contributed by atoms with Crippen LogP contribution in [0.25, 0.3) is 11.0 Å². The van der Waals surface area contributed by atoms with Gasteiger partial charge in [-0.05, 0) is 177 Å². The summed E-state index contributed by atoms with van der Waals surface area (Å²) in [6.45, 7) is 18.2. The van der Waals surface area contributed by atoms with Gasteiger partial charge in [0.1, 0.15) is 11.9 Å². The number of fused-ring (bicyclic) bond motifs is 7. The first-order valence-electron chi connectivity index (χ1n) is 28.3. The lowest BCUT2D eigenvalue weighted by atomic mass is 9.34. The maximum atomic E-state index is 15.5. The minimum atomic E-state index is -0.898. The third-order valence-corrected chi connectivity index (χ3v) is 22.9. The van der Waals surface area contributed by atoms with Gasteiger partial charge in [-0.25, -0.2) is 0 Å². The van der Waals surface area contributed by atoms with E-state index in [1.165, 1.54) is 65.4 Å². The Morgan fingerprint density at radius 2 is 1.68 bits per heavy atom. The topological polar surface area (TPSA) is 149 Å². The third-order valence-electron chi connectivity index (χ3n) is 22.9. The van der Waals surface area contributed by atoms with Crippen LogP contribution in [0.1, 0.15) is 184 Å². The number of aliphatic hydroxyl groups is 3. The van der Waals surface area contributed by atoms with Gasteiger partial charge in [-0.2, -0.15) is 0 Å². The smallest absolute Gasteiger partial charge is 0.160 e. The largest absolute Gasteiger partial charge is 0.392 e. The fourth-order valence-corrected chi connectivity index (χ4v) is 19.0. The molecule has 13 atom stereocenters. The van der Waals surface area contributed by atoms with Gasteiger partial charge in [-0.1, -0.05) is 59.6 Å². The van der Waals surface area contributed by atoms with E-state index in [1.807, 2.05) is 20.9 Å². The number of hydrogen-bond donors (Lipinski definition) is 5. The van der Waals surface area contributed by atoms with Crippen LogP contribution in [0.15, 0.2) is 35.7 Å². The number of ether oxygens (including phenoxy) is 2. The van der Waals surface area contributed by atoms with E-state index in [-0.39, 0.29) is 35.1 Å². The molecule has 4 saturated carbocycles. The molecule has 1 aromatic carbocycles. The molecule has 3 aliphatic heterocycles. The highest BCUT2D eigenvalue weighted by Crippen LogP contribution is 2.76. The lowest BCUT2D eigenvalue weighted by Gasteiger charge is -2.70. The van der Waals surface area contributed by atoms with Crippen LogP contribution in [0.3, 0.4) is 0 Å². The van der Waals surface area contributed by atoms with Gasteiger partial charge < -0.3 is 39.7 Å². The number of aliphatic hydroxyl groups excluding tert-OH is 2. The monoisotopic (exact) mass is 972 g/mol. The summed E-state index contributed by atoms with van der Waals surface area (Å²) in [6, 6.07) is 4.87. The van der Waals surface area contributed by atoms with Crippen molar-refractivity contribution in [2.45, 2.75) is 206 Å². The molecule has 5 N–H and O–H groups in total. The number of epoxide rings is 1. The molecule has 0 bridgehead atoms. The van der Waals surface area contributed by atoms with Crippen molar-refractivity contribution >= 4 is 22.6 Å². The lowest BCUT2D eigenvalue weighted by molar-refractivity contribution is -0.222. The molecule has 10 heteroatoms. The van der Waals surface area contributed by atoms with Gasteiger partial charge in [0.2, 0.25) is 0 Å². The van der Waals surface area contributed by atoms with E-state index in [9.17, 15) is 20.1 Å². The summed E-state index contributed by atoms with van der Waals surface area (Å²) in [5, 5.41) is 41.8. The van der Waals surface area contributed by atoms with Crippen molar-refractivity contribution in [3.8, 4) is 0 Å². The number of carbonyl (C=O) groups excluding carboxylic acids is 2. The van der Waals surface area contributed by atoms with E-state index in [1.54, 1.807) is 0 Å². The first-order valence-corrected chi connectivity index (χ1v) is 28.3. The second-order valence-electron chi connectivity index (χ2n) is 27.0. The number of aryl methyl sites for hydroxylation is 1. The highest BCUT2D eigenvalue weighted by Gasteiger charge is 2.73. The number of Topliss-reactive ketones (excluding diaryl/α,β-unsaturated/α-hetero) is 2. The van der Waals surface area contributed by atoms with E-state index < -0.39 is 45.1 Å². The molecule has 10 nitrogen and oxygen atoms in total. The van der Waals surface area contributed by atoms with Crippen LogP contribution in [-0.2, 0) is 50.5 Å². The molecule has 386 valence electrons. The van der Waals surface area contributed by atoms with Crippen molar-refractivity contribution < 1.29 is 34.4 Å². The number of rotatable bonds is 9. The summed E-state index contributed by atoms with van der Waals surface area (Å²) >= 11 is 0. The maximum absolute atomic E-state index is 15.5. The molecule has 6 aliphatic carbocycles. The molecular weight excluding hydrogens is 887 g/mol. The van der Waals surface area contributed by atoms with E-state index >= 15 is 4.79 Å². The van der Waals surface area contributed by atoms with Crippen molar-refractivity contribution in [1.29, 1.82) is 0 Å². The first-order chi connectivity index (χ1) is 33.7. The minimum absolute atomic E-state index is 0.121. The average Bonchev–Trinajstić information content (AvgIpc) is 3.57. The number of carbonyl (C=O) groups is 2. The number of H-pyrrole nitrogens is 1. The molecule has 9 aliphatic rings. The molecule has 5 heterocycles. The van der Waals surface area contributed by atoms with Gasteiger partial charge in [-0.15, -0.1) is 0 Å². The lowest BCUT2D eigenvalue weighted by Crippen LogP contribution is -2.68. The number of aromatic amines is 1. The number of hydrogen-bond acceptors (Lipinski definition) is 8. The molecular formula is C61H85N3O7. The van der Waals surface area contributed by atoms with Crippen LogP contribution in [0.4, 0.5) is 0 Å². The van der Waals surface area contributed by atoms with Gasteiger partial charge in [0.15, 0.2) is 5.78 Å². The maximum Gasteiger partial charge on any atom is 0.160 e. The summed E-state index contributed by atoms with van der Waals surface area (Å²) < 4.78 is 14.4. The fourth-order valence-electron chi connectivity index (χ4n) is 19.0. The van der Waals surface area contributed by atoms with E-state index in [0.717, 1.165) is 67.3 Å². The van der Waals surface area contributed by atoms with Crippen LogP contribution in [-0.4, -0.2) is 87.2 Å². The van der Waals surface area contributed by atoms with E-state index in [2.05, 4.69) is 74.0 Å². The normalized spacial score (nSPS) is 40.6. The highest BCUT2D eigenvalue weighted by molar-refractivity contribution is 6.02. The molecule has 71 heavy (non-hydrogen) atoms. The Morgan fingerprint density at radius 1 is 0.915 bits per heavy atom. The van der Waals surface area contributed by atoms with Crippen LogP contribution in [0, 0.1) is 50.7 Å². The summed E-state index contributed by atoms with van der Waals surface area (Å²) in [4.78, 5) is 33.5. The Bertz CT molecular complexity index is 2690. The second kappa shape index (κ2) is 16.7. The summed E-state index contributed by atoms with van der Waals surface area (Å²) in [5.74, 6) is 1.42. The number of aromatic nitrogens is 2. The number of nitrogens with one attached hydrogen (secondary N) is 2. The van der Waals surface area contributed by atoms with Crippen LogP contribution < -0.4 is 5.32 Å². The van der Waals surface area contributed by atoms with E-state index in [4.69, 9.17) is 9.47 Å². The SMILES string of the molecule is CNCC[C@]1(C)C(=O)CC[C@@]2(C)[C@H]3[C@H](O)[C@@H]4Cn5cc(Cc6cc7c(c(C8(O)CCOCC8)c6)CC[C@@H]6CCCC[C@H]76)c6[nH]cc(c65)CC[C@@](C)(C[C@@H](O)[C@H]5OC5(C)C)C5=C4[C@](C)(CC5=O)[C@@]3(C)CC[C@H]21. The predicted octanol–water partition coefficient (Wildman–Crippen LogP) is 9.94. The Balaban J connectivity index is 1.00. The molecule has 0 radical (unpaired) electrons. The number of allylic oxidation sites excluding steroid dienone is 1. The van der Waals surface area contributed by atoms with Crippen molar-refractivity contribution in [1.82, 2.24) is 14.9 Å². The molecule has 6 fully saturated rings. The van der Waals surface area contributed by atoms with Gasteiger partial charge in [0.25, 0.3) is 0 Å². The zero-order valence-corrected chi connectivity index (χ0v) is 44.4. The van der Waals surface area contributed by atoms with Gasteiger partial charge in [0, 0.05) is 86.6 Å². The van der Waals surface area contributed by atoms with Gasteiger partial charge in [-0.3, -0.25) is 9.59 Å². The van der Waals surface area contributed by atoms with Crippen LogP contribution in [0.5, 0.6) is 0 Å². The number of ketones is 2. The predicted molar refractivity (Wildman–Crippen MR) is 276 cm³/mol. The molecule has 0 spiro atoms. The summed E-state index contributed by atoms with van der Waals surface area (Å²) in [5.41, 5.74) is 8.25. The standard InChI is InChI=1S/C61H85N3O7/c1-55(2)54(71-55)45(66)30-56(3)18-15-37-32-63-50-38(27-35-28-41-39-12-10-9-11-36(39)13-14-40(41)43(29-35)61(69)22-25-70-26-23-61)33-64(51(37)50)34-42-48-49(56)44(65)31-60(48,7)59(6)20-16-46-57(4,21-24-62-8)47(67)17-19-58(46,5)53(59)52(42)68/h28-29,32-33,36,39,42,45-46,52-54,62-63,66,68-69H,9-27,30-31,34H2,1-8H3/t36-,39-,42+,45+,46-,52+,53+,54+,56-,57-,58+,59-,60-/m0/s1. The van der Waals surface area contributed by atoms with Crippen LogP contribution in [0.2, 0.25) is 0 Å². The fraction of sp³-hybridized carbons (Fsp3) is 0.738. The third kappa shape index (κ3) is 7.12. The molecule has 0 unspecified atom stereocenters. The molecule has 12 rings (SSSR count). The molecule has 0 amide bonds. The van der Waals surface area contributed by atoms with Crippen molar-refractivity contribution in [3.05, 3.63) is 69.1 Å². The van der Waals surface area contributed by atoms with E-state index in [0.29, 0.717) is 82.3 Å². The summed E-state index contributed by atoms with van der Waals surface area (Å²) in [6.07, 6.45) is 18.1. The molecule has 2 saturated heterocycles. The molecule has 2 aromatic heterocycles. The Kier molecular flexibility index (Phi) is 11.5. The van der Waals surface area contributed by atoms with Crippen molar-refractivity contribution in [3.63, 3.8) is 0 Å². The van der Waals surface area contributed by atoms with Gasteiger partial charge in [0.05, 0.1) is 34.4 Å². The summed E-state index contributed by atoms with van der Waals surface area (Å²) in [7, 11) is 1.97. The Morgan fingerprint density at radius 3 is 2.42 bits per heavy atom. The zero-order valence-electron chi connectivity index (χ0n) is 44.4. The first kappa shape index (κ1) is 48.8. The highest BCUT2D eigenvalue weighted by atomic mass is 16.6. The van der Waals surface area contributed by atoms with Gasteiger partial charge >= 0.3 is 0 Å². The Hall–Kier alpha value is -3.12. The minimum Gasteiger partial charge on any atom is -0.392 e. The van der Waals surface area contributed by atoms with Crippen molar-refractivity contribution in [2.24, 2.45) is 50.7 Å². The quantitative estimate of drug-likeness (QED) is 0.133. The van der Waals surface area contributed by atoms with Crippen LogP contribution >= 0.6 is 0 Å². The zero-order chi connectivity index (χ0) is 49.8. The number of benzene rings is 1. The molecule has 3 aromatic rings.